The molecule has 4 rings (SSSR count). The summed E-state index contributed by atoms with van der Waals surface area (Å²) in [4.78, 5) is 19.0. The third-order valence-corrected chi connectivity index (χ3v) is 6.94. The Labute approximate surface area is 199 Å². The number of hydrogen-bond acceptors (Lipinski definition) is 6. The van der Waals surface area contributed by atoms with Crippen LogP contribution in [0.3, 0.4) is 0 Å². The van der Waals surface area contributed by atoms with Gasteiger partial charge in [0.25, 0.3) is 0 Å². The van der Waals surface area contributed by atoms with E-state index < -0.39 is 11.8 Å². The summed E-state index contributed by atoms with van der Waals surface area (Å²) in [6.45, 7) is 4.94. The van der Waals surface area contributed by atoms with Gasteiger partial charge in [0.05, 0.1) is 25.1 Å². The number of benzene rings is 2. The first-order valence-corrected chi connectivity index (χ1v) is 11.8. The Balaban J connectivity index is 1.49. The van der Waals surface area contributed by atoms with Gasteiger partial charge in [-0.15, -0.1) is 0 Å². The molecule has 8 heteroatoms. The molecule has 1 unspecified atom stereocenters. The van der Waals surface area contributed by atoms with E-state index in [1.54, 1.807) is 6.07 Å². The Kier molecular flexibility index (Phi) is 6.93. The summed E-state index contributed by atoms with van der Waals surface area (Å²) in [6, 6.07) is 13.0. The van der Waals surface area contributed by atoms with Gasteiger partial charge in [-0.05, 0) is 42.2 Å². The molecule has 0 aliphatic carbocycles. The molecular formula is C25H31ClN4O3. The van der Waals surface area contributed by atoms with Crippen LogP contribution in [0.15, 0.2) is 47.5 Å². The Bertz CT molecular complexity index is 1050. The summed E-state index contributed by atoms with van der Waals surface area (Å²) >= 11 is 6.17. The number of aliphatic hydroxyl groups is 1. The van der Waals surface area contributed by atoms with E-state index >= 15 is 0 Å². The number of halogens is 1. The summed E-state index contributed by atoms with van der Waals surface area (Å²) < 4.78 is 5.71. The van der Waals surface area contributed by atoms with E-state index in [9.17, 15) is 9.90 Å². The number of nitrogens with one attached hydrogen (secondary N) is 1. The third kappa shape index (κ3) is 5.00. The number of hydrogen-bond donors (Lipinski definition) is 3. The van der Waals surface area contributed by atoms with Gasteiger partial charge in [0.15, 0.2) is 5.96 Å². The van der Waals surface area contributed by atoms with Gasteiger partial charge >= 0.3 is 0 Å². The Morgan fingerprint density at radius 1 is 1.30 bits per heavy atom. The van der Waals surface area contributed by atoms with Gasteiger partial charge in [-0.3, -0.25) is 15.0 Å². The Hall–Kier alpha value is -2.61. The van der Waals surface area contributed by atoms with Crippen LogP contribution in [0.1, 0.15) is 68.5 Å². The molecule has 2 aliphatic rings. The molecule has 0 saturated carbocycles. The lowest BCUT2D eigenvalue weighted by atomic mass is 9.88. The lowest BCUT2D eigenvalue weighted by Crippen LogP contribution is -2.50. The van der Waals surface area contributed by atoms with Crippen LogP contribution in [0.4, 0.5) is 0 Å². The van der Waals surface area contributed by atoms with Gasteiger partial charge in [-0.1, -0.05) is 49.7 Å². The third-order valence-electron chi connectivity index (χ3n) is 6.70. The van der Waals surface area contributed by atoms with Crippen molar-refractivity contribution in [2.75, 3.05) is 6.61 Å². The highest BCUT2D eigenvalue weighted by molar-refractivity contribution is 6.30. The molecule has 2 aliphatic heterocycles. The minimum atomic E-state index is -0.893. The van der Waals surface area contributed by atoms with Crippen molar-refractivity contribution in [3.05, 3.63) is 64.2 Å². The summed E-state index contributed by atoms with van der Waals surface area (Å²) in [6.07, 6.45) is 1.73. The van der Waals surface area contributed by atoms with E-state index in [0.717, 1.165) is 36.1 Å². The zero-order chi connectivity index (χ0) is 23.6. The summed E-state index contributed by atoms with van der Waals surface area (Å²) in [5, 5.41) is 14.8. The van der Waals surface area contributed by atoms with Gasteiger partial charge < -0.3 is 15.6 Å². The molecule has 7 nitrogen and oxygen atoms in total. The van der Waals surface area contributed by atoms with E-state index in [0.29, 0.717) is 30.2 Å². The first-order chi connectivity index (χ1) is 15.8. The number of guanidine groups is 1. The van der Waals surface area contributed by atoms with Gasteiger partial charge in [0.2, 0.25) is 5.91 Å². The molecule has 0 saturated heterocycles. The molecule has 4 N–H and O–H groups in total. The highest BCUT2D eigenvalue weighted by Crippen LogP contribution is 2.35. The molecule has 1 amide bonds. The number of nitrogens with zero attached hydrogens (tertiary/aromatic N) is 2. The van der Waals surface area contributed by atoms with Crippen LogP contribution in [0.25, 0.3) is 0 Å². The van der Waals surface area contributed by atoms with E-state index in [1.165, 1.54) is 4.90 Å². The van der Waals surface area contributed by atoms with Crippen LogP contribution < -0.4 is 15.8 Å². The second-order valence-electron chi connectivity index (χ2n) is 8.74. The fourth-order valence-corrected chi connectivity index (χ4v) is 4.72. The number of amides is 1. The molecule has 0 spiro atoms. The summed E-state index contributed by atoms with van der Waals surface area (Å²) in [7, 11) is 0. The minimum absolute atomic E-state index is 0.0223. The predicted molar refractivity (Wildman–Crippen MR) is 129 cm³/mol. The molecule has 0 bridgehead atoms. The molecule has 2 aromatic carbocycles. The van der Waals surface area contributed by atoms with Crippen LogP contribution in [0.5, 0.6) is 5.75 Å². The first kappa shape index (κ1) is 23.5. The highest BCUT2D eigenvalue weighted by Gasteiger charge is 2.37. The molecule has 2 aromatic rings. The molecule has 0 aromatic heterocycles. The number of aliphatic imine (C=N–C) groups is 1. The van der Waals surface area contributed by atoms with Gasteiger partial charge in [0.1, 0.15) is 12.0 Å². The molecule has 0 radical (unpaired) electrons. The maximum atomic E-state index is 12.8. The number of carbonyl (C=O) groups excluding carboxylic acids is 1. The van der Waals surface area contributed by atoms with E-state index in [1.807, 2.05) is 50.2 Å². The standard InChI is InChI=1S/C25H31ClN4O3/c1-3-25(4-2)14-22(31)30(24(27)29-25)15-16-6-5-7-17(12-16)23(32)28-20-10-11-33-21-9-8-18(26)13-19(20)21/h5-9,12-13,20,23,28,32H,3-4,10-11,14-15H2,1-2H3,(H2,27,29)/t20-,23?/m0/s1. The van der Waals surface area contributed by atoms with Gasteiger partial charge in [0, 0.05) is 23.0 Å². The number of nitrogens with two attached hydrogens (primary N) is 1. The quantitative estimate of drug-likeness (QED) is 0.530. The second kappa shape index (κ2) is 9.71. The van der Waals surface area contributed by atoms with Crippen molar-refractivity contribution in [3.8, 4) is 5.75 Å². The van der Waals surface area contributed by atoms with Crippen LogP contribution in [-0.2, 0) is 11.3 Å². The maximum absolute atomic E-state index is 12.8. The fraction of sp³-hybridized carbons (Fsp3) is 0.440. The topological polar surface area (TPSA) is 100 Å². The molecule has 0 fully saturated rings. The molecular weight excluding hydrogens is 440 g/mol. The van der Waals surface area contributed by atoms with E-state index in [2.05, 4.69) is 10.3 Å². The van der Waals surface area contributed by atoms with Crippen LogP contribution in [-0.4, -0.2) is 34.0 Å². The lowest BCUT2D eigenvalue weighted by Gasteiger charge is -2.36. The first-order valence-electron chi connectivity index (χ1n) is 11.4. The normalized spacial score (nSPS) is 20.6. The van der Waals surface area contributed by atoms with Crippen molar-refractivity contribution >= 4 is 23.5 Å². The smallest absolute Gasteiger partial charge is 0.232 e. The van der Waals surface area contributed by atoms with Crippen molar-refractivity contribution in [2.24, 2.45) is 10.7 Å². The average Bonchev–Trinajstić information content (AvgIpc) is 2.82. The zero-order valence-electron chi connectivity index (χ0n) is 19.1. The van der Waals surface area contributed by atoms with Crippen LogP contribution in [0, 0.1) is 0 Å². The fourth-order valence-electron chi connectivity index (χ4n) is 4.54. The van der Waals surface area contributed by atoms with Crippen molar-refractivity contribution in [2.45, 2.75) is 63.9 Å². The van der Waals surface area contributed by atoms with E-state index in [4.69, 9.17) is 22.1 Å². The summed E-state index contributed by atoms with van der Waals surface area (Å²) in [5.41, 5.74) is 8.30. The number of carbonyl (C=O) groups is 1. The average molecular weight is 471 g/mol. The minimum Gasteiger partial charge on any atom is -0.493 e. The van der Waals surface area contributed by atoms with Crippen LogP contribution in [0.2, 0.25) is 5.02 Å². The SMILES string of the molecule is CCC1(CC)CC(=O)N(Cc2cccc(C(O)N[C@H]3CCOc4ccc(Cl)cc43)c2)C(N)=N1. The Morgan fingerprint density at radius 2 is 2.09 bits per heavy atom. The summed E-state index contributed by atoms with van der Waals surface area (Å²) in [5.74, 6) is 1.01. The second-order valence-corrected chi connectivity index (χ2v) is 9.18. The molecule has 33 heavy (non-hydrogen) atoms. The molecule has 2 heterocycles. The van der Waals surface area contributed by atoms with Crippen molar-refractivity contribution in [3.63, 3.8) is 0 Å². The maximum Gasteiger partial charge on any atom is 0.232 e. The zero-order valence-corrected chi connectivity index (χ0v) is 19.8. The largest absolute Gasteiger partial charge is 0.493 e. The lowest BCUT2D eigenvalue weighted by molar-refractivity contribution is -0.130. The number of aliphatic hydroxyl groups excluding tert-OH is 1. The highest BCUT2D eigenvalue weighted by atomic mass is 35.5. The van der Waals surface area contributed by atoms with Crippen molar-refractivity contribution in [1.82, 2.24) is 10.2 Å². The van der Waals surface area contributed by atoms with Crippen molar-refractivity contribution in [1.29, 1.82) is 0 Å². The molecule has 2 atom stereocenters. The Morgan fingerprint density at radius 3 is 2.82 bits per heavy atom. The predicted octanol–water partition coefficient (Wildman–Crippen LogP) is 4.05. The monoisotopic (exact) mass is 470 g/mol. The van der Waals surface area contributed by atoms with Crippen LogP contribution >= 0.6 is 11.6 Å². The van der Waals surface area contributed by atoms with Gasteiger partial charge in [-0.25, -0.2) is 4.99 Å². The van der Waals surface area contributed by atoms with Crippen molar-refractivity contribution < 1.29 is 14.6 Å². The number of rotatable bonds is 7. The number of fused-ring (bicyclic) bond motifs is 1. The number of ether oxygens (including phenoxy) is 1. The van der Waals surface area contributed by atoms with E-state index in [-0.39, 0.29) is 17.9 Å². The van der Waals surface area contributed by atoms with Gasteiger partial charge in [-0.2, -0.15) is 0 Å². The molecule has 176 valence electrons.